The van der Waals surface area contributed by atoms with Crippen molar-refractivity contribution in [2.75, 3.05) is 46.2 Å². The van der Waals surface area contributed by atoms with Crippen molar-refractivity contribution in [2.24, 2.45) is 0 Å². The molecule has 4 aromatic carbocycles. The number of carbonyl (C=O) groups excluding carboxylic acids is 1. The molecule has 0 aliphatic rings. The Morgan fingerprint density at radius 2 is 0.507 bits per heavy atom. The maximum atomic E-state index is 13.0. The van der Waals surface area contributed by atoms with Gasteiger partial charge in [-0.3, -0.25) is 0 Å². The predicted molar refractivity (Wildman–Crippen MR) is 282 cm³/mol. The van der Waals surface area contributed by atoms with E-state index in [1.165, 1.54) is 96.3 Å². The molecule has 0 bridgehead atoms. The van der Waals surface area contributed by atoms with Crippen molar-refractivity contribution in [1.29, 1.82) is 0 Å². The highest BCUT2D eigenvalue weighted by molar-refractivity contribution is 6.26. The van der Waals surface area contributed by atoms with Crippen LogP contribution in [-0.2, 0) is 9.53 Å². The lowest BCUT2D eigenvalue weighted by Gasteiger charge is -2.20. The fraction of sp³-hybridized carbons (Fsp3) is 0.678. The molecule has 8 heteroatoms. The summed E-state index contributed by atoms with van der Waals surface area (Å²) >= 11 is 0. The van der Waals surface area contributed by atoms with E-state index in [2.05, 4.69) is 77.9 Å². The first-order valence-corrected chi connectivity index (χ1v) is 27.5. The van der Waals surface area contributed by atoms with E-state index in [-0.39, 0.29) is 12.6 Å². The van der Waals surface area contributed by atoms with Gasteiger partial charge in [-0.2, -0.15) is 0 Å². The fourth-order valence-corrected chi connectivity index (χ4v) is 8.64. The van der Waals surface area contributed by atoms with Crippen LogP contribution in [0.5, 0.6) is 34.5 Å². The lowest BCUT2D eigenvalue weighted by molar-refractivity contribution is -0.146. The van der Waals surface area contributed by atoms with E-state index in [0.29, 0.717) is 51.1 Å². The molecule has 0 aliphatic carbocycles. The van der Waals surface area contributed by atoms with Gasteiger partial charge in [-0.1, -0.05) is 176 Å². The Labute approximate surface area is 406 Å². The van der Waals surface area contributed by atoms with Crippen LogP contribution in [0.2, 0.25) is 0 Å². The summed E-state index contributed by atoms with van der Waals surface area (Å²) in [5.41, 5.74) is 0. The Bertz CT molecular complexity index is 1900. The van der Waals surface area contributed by atoms with Gasteiger partial charge in [0.15, 0.2) is 41.1 Å². The number of ether oxygens (including phenoxy) is 7. The van der Waals surface area contributed by atoms with Gasteiger partial charge in [0, 0.05) is 0 Å². The van der Waals surface area contributed by atoms with Crippen molar-refractivity contribution < 1.29 is 38.0 Å². The molecule has 0 spiro atoms. The first-order chi connectivity index (χ1) is 33.0. The van der Waals surface area contributed by atoms with E-state index >= 15 is 0 Å². The van der Waals surface area contributed by atoms with Gasteiger partial charge in [-0.15, -0.1) is 0 Å². The third-order valence-electron chi connectivity index (χ3n) is 12.8. The largest absolute Gasteiger partial charge is 0.490 e. The van der Waals surface area contributed by atoms with E-state index < -0.39 is 0 Å². The minimum absolute atomic E-state index is 0.203. The van der Waals surface area contributed by atoms with Crippen LogP contribution in [0.3, 0.4) is 0 Å². The number of unbranched alkanes of at least 4 members (excludes halogenated alkanes) is 21. The fourth-order valence-electron chi connectivity index (χ4n) is 8.64. The highest BCUT2D eigenvalue weighted by atomic mass is 16.6. The van der Waals surface area contributed by atoms with E-state index in [9.17, 15) is 4.79 Å². The number of hydrogen-bond donors (Lipinski definition) is 0. The molecule has 0 aliphatic heterocycles. The number of rotatable bonds is 41. The molecule has 0 N–H and O–H groups in total. The Balaban J connectivity index is 1.93. The zero-order valence-electron chi connectivity index (χ0n) is 43.3. The van der Waals surface area contributed by atoms with Crippen LogP contribution >= 0.6 is 0 Å². The van der Waals surface area contributed by atoms with Crippen LogP contribution in [0.25, 0.3) is 32.3 Å². The van der Waals surface area contributed by atoms with Crippen molar-refractivity contribution >= 4 is 38.3 Å². The molecule has 0 saturated heterocycles. The molecule has 0 atom stereocenters. The number of benzene rings is 4. The van der Waals surface area contributed by atoms with E-state index in [1.54, 1.807) is 0 Å². The second kappa shape index (κ2) is 34.3. The summed E-state index contributed by atoms with van der Waals surface area (Å²) in [5.74, 6) is 3.79. The molecule has 0 amide bonds. The minimum atomic E-state index is -0.386. The topological polar surface area (TPSA) is 81.7 Å². The van der Waals surface area contributed by atoms with Crippen LogP contribution in [0, 0.1) is 0 Å². The Kier molecular flexibility index (Phi) is 28.4. The minimum Gasteiger partial charge on any atom is -0.490 e. The molecule has 0 radical (unpaired) electrons. The van der Waals surface area contributed by atoms with Gasteiger partial charge in [0.25, 0.3) is 0 Å². The summed E-state index contributed by atoms with van der Waals surface area (Å²) in [6.07, 6.45) is 30.6. The maximum absolute atomic E-state index is 13.0. The van der Waals surface area contributed by atoms with Crippen molar-refractivity contribution in [3.05, 3.63) is 36.4 Å². The Morgan fingerprint density at radius 1 is 0.284 bits per heavy atom. The summed E-state index contributed by atoms with van der Waals surface area (Å²) in [6.45, 7) is 16.6. The van der Waals surface area contributed by atoms with Crippen LogP contribution in [-0.4, -0.2) is 52.2 Å². The lowest BCUT2D eigenvalue weighted by Crippen LogP contribution is -2.16. The van der Waals surface area contributed by atoms with Crippen molar-refractivity contribution in [2.45, 2.75) is 215 Å². The third-order valence-corrected chi connectivity index (χ3v) is 12.8. The number of hydrogen-bond acceptors (Lipinski definition) is 8. The highest BCUT2D eigenvalue weighted by Gasteiger charge is 2.21. The van der Waals surface area contributed by atoms with Gasteiger partial charge in [0.05, 0.1) is 39.6 Å². The first kappa shape index (κ1) is 55.5. The summed E-state index contributed by atoms with van der Waals surface area (Å²) in [6, 6.07) is 12.9. The SMILES string of the molecule is CCCCCCCOc1cc2c3cc(OCCCCCCC)c(OCCCCCCC)cc3c3cc(OCC(=O)OCCCC)c(OCCCCCCC)cc3c2cc1OCCCCCCC. The summed E-state index contributed by atoms with van der Waals surface area (Å²) in [4.78, 5) is 13.0. The lowest BCUT2D eigenvalue weighted by atomic mass is 9.93. The molecule has 4 aromatic rings. The van der Waals surface area contributed by atoms with Gasteiger partial charge in [-0.25, -0.2) is 4.79 Å². The monoisotopic (exact) mass is 929 g/mol. The molecule has 0 heterocycles. The predicted octanol–water partition coefficient (Wildman–Crippen LogP) is 17.6. The molecule has 0 unspecified atom stereocenters. The van der Waals surface area contributed by atoms with E-state index in [4.69, 9.17) is 33.2 Å². The Morgan fingerprint density at radius 3 is 0.746 bits per heavy atom. The molecule has 67 heavy (non-hydrogen) atoms. The van der Waals surface area contributed by atoms with Crippen LogP contribution in [0.15, 0.2) is 36.4 Å². The molecule has 0 fully saturated rings. The third kappa shape index (κ3) is 19.8. The van der Waals surface area contributed by atoms with Crippen LogP contribution < -0.4 is 28.4 Å². The number of carbonyl (C=O) groups is 1. The number of esters is 1. The van der Waals surface area contributed by atoms with Gasteiger partial charge in [-0.05, 0) is 107 Å². The van der Waals surface area contributed by atoms with Gasteiger partial charge in [0.1, 0.15) is 0 Å². The van der Waals surface area contributed by atoms with Crippen molar-refractivity contribution in [3.8, 4) is 34.5 Å². The summed E-state index contributed by atoms with van der Waals surface area (Å²) in [7, 11) is 0. The average molecular weight is 929 g/mol. The summed E-state index contributed by atoms with van der Waals surface area (Å²) < 4.78 is 45.3. The normalized spacial score (nSPS) is 11.4. The van der Waals surface area contributed by atoms with E-state index in [1.807, 2.05) is 0 Å². The van der Waals surface area contributed by atoms with Crippen molar-refractivity contribution in [1.82, 2.24) is 0 Å². The van der Waals surface area contributed by atoms with Crippen LogP contribution in [0.1, 0.15) is 215 Å². The number of fused-ring (bicyclic) bond motifs is 6. The van der Waals surface area contributed by atoms with Crippen molar-refractivity contribution in [3.63, 3.8) is 0 Å². The zero-order chi connectivity index (χ0) is 47.7. The molecule has 376 valence electrons. The van der Waals surface area contributed by atoms with Crippen LogP contribution in [0.4, 0.5) is 0 Å². The summed E-state index contributed by atoms with van der Waals surface area (Å²) in [5, 5.41) is 6.11. The molecule has 4 rings (SSSR count). The molecule has 0 aromatic heterocycles. The zero-order valence-corrected chi connectivity index (χ0v) is 43.3. The molecular formula is C59H92O8. The second-order valence-electron chi connectivity index (χ2n) is 18.7. The quantitative estimate of drug-likeness (QED) is 0.0247. The first-order valence-electron chi connectivity index (χ1n) is 27.5. The maximum Gasteiger partial charge on any atom is 0.344 e. The second-order valence-corrected chi connectivity index (χ2v) is 18.7. The highest BCUT2D eigenvalue weighted by Crippen LogP contribution is 2.47. The van der Waals surface area contributed by atoms with E-state index in [0.717, 1.165) is 132 Å². The molecule has 0 saturated carbocycles. The molecule has 8 nitrogen and oxygen atoms in total. The average Bonchev–Trinajstić information content (AvgIpc) is 3.34. The van der Waals surface area contributed by atoms with Gasteiger partial charge >= 0.3 is 5.97 Å². The smallest absolute Gasteiger partial charge is 0.344 e. The Hall–Kier alpha value is -4.07. The standard InChI is InChI=1S/C59H92O8/c1-7-13-19-24-29-35-61-53-40-47-48-41-54(62-36-30-25-20-14-8-2)56(64-38-32-27-22-16-10-4)43-50(48)52-45-58(67-46-59(60)66-34-18-12-6)57(65-39-33-28-23-17-11-5)44-51(52)49(47)42-55(53)63-37-31-26-21-15-9-3/h40-45H,7-39,46H2,1-6H3. The van der Waals surface area contributed by atoms with Gasteiger partial charge < -0.3 is 33.2 Å². The van der Waals surface area contributed by atoms with Gasteiger partial charge in [0.2, 0.25) is 0 Å². The molecular weight excluding hydrogens is 837 g/mol.